The molecular weight excluding hydrogens is 229 g/mol. The highest BCUT2D eigenvalue weighted by molar-refractivity contribution is 5.85. The van der Waals surface area contributed by atoms with Crippen LogP contribution in [0.3, 0.4) is 0 Å². The van der Waals surface area contributed by atoms with Crippen LogP contribution in [0.1, 0.15) is 19.3 Å². The first kappa shape index (κ1) is 15.0. The van der Waals surface area contributed by atoms with Crippen LogP contribution in [0.5, 0.6) is 0 Å². The minimum Gasteiger partial charge on any atom is -0.318 e. The van der Waals surface area contributed by atoms with Crippen molar-refractivity contribution < 1.29 is 13.2 Å². The molecule has 0 saturated carbocycles. The van der Waals surface area contributed by atoms with Crippen LogP contribution < -0.4 is 5.32 Å². The van der Waals surface area contributed by atoms with Crippen molar-refractivity contribution in [2.24, 2.45) is 0 Å². The Morgan fingerprint density at radius 3 is 2.60 bits per heavy atom. The lowest BCUT2D eigenvalue weighted by Crippen LogP contribution is -2.38. The number of likely N-dealkylation sites (tertiary alicyclic amines) is 1. The van der Waals surface area contributed by atoms with Gasteiger partial charge in [-0.05, 0) is 26.4 Å². The van der Waals surface area contributed by atoms with E-state index in [1.807, 2.05) is 11.9 Å². The van der Waals surface area contributed by atoms with Gasteiger partial charge in [-0.2, -0.15) is 13.2 Å². The summed E-state index contributed by atoms with van der Waals surface area (Å²) in [6.45, 7) is 1.75. The van der Waals surface area contributed by atoms with Crippen LogP contribution >= 0.6 is 12.4 Å². The lowest BCUT2D eigenvalue weighted by molar-refractivity contribution is -0.138. The summed E-state index contributed by atoms with van der Waals surface area (Å²) in [7, 11) is 1.83. The standard InChI is InChI=1S/C9H17F3N2.ClH/c1-13-7-8-3-2-5-14(8)6-4-9(10,11)12;/h8,13H,2-7H2,1H3;1H. The van der Waals surface area contributed by atoms with Crippen molar-refractivity contribution in [1.82, 2.24) is 10.2 Å². The monoisotopic (exact) mass is 246 g/mol. The second kappa shape index (κ2) is 6.55. The van der Waals surface area contributed by atoms with Crippen molar-refractivity contribution in [3.8, 4) is 0 Å². The highest BCUT2D eigenvalue weighted by Crippen LogP contribution is 2.23. The summed E-state index contributed by atoms with van der Waals surface area (Å²) in [6.07, 6.45) is -2.68. The molecule has 0 aromatic rings. The smallest absolute Gasteiger partial charge is 0.318 e. The zero-order valence-electron chi connectivity index (χ0n) is 8.81. The third-order valence-electron chi connectivity index (χ3n) is 2.62. The van der Waals surface area contributed by atoms with Crippen molar-refractivity contribution in [2.45, 2.75) is 31.5 Å². The van der Waals surface area contributed by atoms with Crippen LogP contribution in [0.2, 0.25) is 0 Å². The number of hydrogen-bond donors (Lipinski definition) is 1. The Balaban J connectivity index is 0.00000196. The van der Waals surface area contributed by atoms with Crippen molar-refractivity contribution in [2.75, 3.05) is 26.7 Å². The van der Waals surface area contributed by atoms with Gasteiger partial charge < -0.3 is 5.32 Å². The minimum absolute atomic E-state index is 0. The minimum atomic E-state index is -4.02. The van der Waals surface area contributed by atoms with Gasteiger partial charge in [0.15, 0.2) is 0 Å². The van der Waals surface area contributed by atoms with Crippen molar-refractivity contribution in [3.05, 3.63) is 0 Å². The maximum atomic E-state index is 12.0. The van der Waals surface area contributed by atoms with Gasteiger partial charge in [-0.3, -0.25) is 4.90 Å². The molecule has 0 amide bonds. The SMILES string of the molecule is CNCC1CCCN1CCC(F)(F)F.Cl. The predicted octanol–water partition coefficient (Wildman–Crippen LogP) is 2.04. The van der Waals surface area contributed by atoms with Gasteiger partial charge >= 0.3 is 6.18 Å². The molecule has 0 bridgehead atoms. The van der Waals surface area contributed by atoms with Gasteiger partial charge in [0.25, 0.3) is 0 Å². The van der Waals surface area contributed by atoms with Gasteiger partial charge in [0.1, 0.15) is 0 Å². The molecule has 6 heteroatoms. The molecule has 1 saturated heterocycles. The van der Waals surface area contributed by atoms with Gasteiger partial charge in [0.2, 0.25) is 0 Å². The zero-order valence-corrected chi connectivity index (χ0v) is 9.63. The van der Waals surface area contributed by atoms with Gasteiger partial charge in [0, 0.05) is 19.1 Å². The molecule has 0 aliphatic carbocycles. The molecule has 92 valence electrons. The molecule has 0 aromatic carbocycles. The van der Waals surface area contributed by atoms with Crippen molar-refractivity contribution >= 4 is 12.4 Å². The fourth-order valence-corrected chi connectivity index (χ4v) is 1.93. The van der Waals surface area contributed by atoms with Gasteiger partial charge in [-0.25, -0.2) is 0 Å². The molecule has 1 unspecified atom stereocenters. The summed E-state index contributed by atoms with van der Waals surface area (Å²) < 4.78 is 35.9. The Kier molecular flexibility index (Phi) is 6.55. The second-order valence-electron chi connectivity index (χ2n) is 3.75. The Hall–Kier alpha value is -0.0000000000000000555. The van der Waals surface area contributed by atoms with Crippen LogP contribution in [0.4, 0.5) is 13.2 Å². The Morgan fingerprint density at radius 1 is 1.40 bits per heavy atom. The quantitative estimate of drug-likeness (QED) is 0.817. The van der Waals surface area contributed by atoms with Gasteiger partial charge in [-0.1, -0.05) is 0 Å². The number of nitrogens with one attached hydrogen (secondary N) is 1. The van der Waals surface area contributed by atoms with E-state index in [1.165, 1.54) is 0 Å². The number of rotatable bonds is 4. The molecule has 0 aromatic heterocycles. The van der Waals surface area contributed by atoms with E-state index in [9.17, 15) is 13.2 Å². The van der Waals surface area contributed by atoms with Gasteiger partial charge in [0.05, 0.1) is 6.42 Å². The molecule has 1 fully saturated rings. The fourth-order valence-electron chi connectivity index (χ4n) is 1.93. The molecule has 1 N–H and O–H groups in total. The highest BCUT2D eigenvalue weighted by Gasteiger charge is 2.31. The number of likely N-dealkylation sites (N-methyl/N-ethyl adjacent to an activating group) is 1. The topological polar surface area (TPSA) is 15.3 Å². The highest BCUT2D eigenvalue weighted by atomic mass is 35.5. The van der Waals surface area contributed by atoms with Gasteiger partial charge in [-0.15, -0.1) is 12.4 Å². The van der Waals surface area contributed by atoms with Crippen LogP contribution in [0, 0.1) is 0 Å². The first-order valence-electron chi connectivity index (χ1n) is 4.98. The van der Waals surface area contributed by atoms with Crippen LogP contribution in [-0.2, 0) is 0 Å². The predicted molar refractivity (Wildman–Crippen MR) is 56.4 cm³/mol. The van der Waals surface area contributed by atoms with Crippen LogP contribution in [-0.4, -0.2) is 43.8 Å². The Morgan fingerprint density at radius 2 is 2.07 bits per heavy atom. The molecule has 1 atom stereocenters. The molecule has 1 aliphatic heterocycles. The molecular formula is C9H18ClF3N2. The van der Waals surface area contributed by atoms with Crippen LogP contribution in [0.15, 0.2) is 0 Å². The van der Waals surface area contributed by atoms with E-state index in [4.69, 9.17) is 0 Å². The molecule has 15 heavy (non-hydrogen) atoms. The number of alkyl halides is 3. The lowest BCUT2D eigenvalue weighted by Gasteiger charge is -2.24. The number of halogens is 4. The summed E-state index contributed by atoms with van der Waals surface area (Å²) >= 11 is 0. The van der Waals surface area contributed by atoms with E-state index in [-0.39, 0.29) is 19.0 Å². The molecule has 0 spiro atoms. The molecule has 2 nitrogen and oxygen atoms in total. The first-order chi connectivity index (χ1) is 6.53. The van der Waals surface area contributed by atoms with E-state index >= 15 is 0 Å². The summed E-state index contributed by atoms with van der Waals surface area (Å²) in [4.78, 5) is 1.93. The average Bonchev–Trinajstić information content (AvgIpc) is 2.48. The summed E-state index contributed by atoms with van der Waals surface area (Å²) in [6, 6.07) is 0.294. The summed E-state index contributed by atoms with van der Waals surface area (Å²) in [5.74, 6) is 0. The number of nitrogens with zero attached hydrogens (tertiary/aromatic N) is 1. The maximum Gasteiger partial charge on any atom is 0.390 e. The van der Waals surface area contributed by atoms with E-state index in [1.54, 1.807) is 0 Å². The average molecular weight is 247 g/mol. The maximum absolute atomic E-state index is 12.0. The van der Waals surface area contributed by atoms with Crippen molar-refractivity contribution in [3.63, 3.8) is 0 Å². The third kappa shape index (κ3) is 5.58. The Labute approximate surface area is 94.6 Å². The first-order valence-corrected chi connectivity index (χ1v) is 4.98. The Bertz CT molecular complexity index is 175. The summed E-state index contributed by atoms with van der Waals surface area (Å²) in [5, 5.41) is 3.01. The lowest BCUT2D eigenvalue weighted by atomic mass is 10.2. The normalized spacial score (nSPS) is 22.8. The largest absolute Gasteiger partial charge is 0.390 e. The van der Waals surface area contributed by atoms with E-state index in [0.717, 1.165) is 25.9 Å². The van der Waals surface area contributed by atoms with E-state index in [0.29, 0.717) is 6.04 Å². The third-order valence-corrected chi connectivity index (χ3v) is 2.62. The summed E-state index contributed by atoms with van der Waals surface area (Å²) in [5.41, 5.74) is 0. The fraction of sp³-hybridized carbons (Fsp3) is 1.00. The van der Waals surface area contributed by atoms with E-state index < -0.39 is 12.6 Å². The molecule has 1 aliphatic rings. The second-order valence-corrected chi connectivity index (χ2v) is 3.75. The zero-order chi connectivity index (χ0) is 10.6. The van der Waals surface area contributed by atoms with Crippen molar-refractivity contribution in [1.29, 1.82) is 0 Å². The molecule has 1 rings (SSSR count). The molecule has 0 radical (unpaired) electrons. The molecule has 1 heterocycles. The number of hydrogen-bond acceptors (Lipinski definition) is 2. The van der Waals surface area contributed by atoms with Crippen LogP contribution in [0.25, 0.3) is 0 Å². The van der Waals surface area contributed by atoms with E-state index in [2.05, 4.69) is 5.32 Å².